The van der Waals surface area contributed by atoms with Crippen molar-refractivity contribution in [2.24, 2.45) is 7.05 Å². The highest BCUT2D eigenvalue weighted by atomic mass is 15.2. The second kappa shape index (κ2) is 4.82. The van der Waals surface area contributed by atoms with E-state index in [0.717, 1.165) is 0 Å². The first kappa shape index (κ1) is 13.0. The molecule has 0 spiro atoms. The number of pyridine rings is 1. The van der Waals surface area contributed by atoms with Gasteiger partial charge in [0.1, 0.15) is 0 Å². The van der Waals surface area contributed by atoms with Crippen LogP contribution in [0, 0.1) is 6.92 Å². The number of hydrogen-bond donors (Lipinski definition) is 0. The minimum atomic E-state index is 0.359. The zero-order chi connectivity index (χ0) is 14.3. The molecule has 0 saturated carbocycles. The molecule has 0 N–H and O–H groups in total. The molecule has 2 heterocycles. The molecule has 2 aromatic rings. The largest absolute Gasteiger partial charge is 0.402 e. The molecule has 1 aromatic heterocycles. The molecular weight excluding hydrogens is 243 g/mol. The van der Waals surface area contributed by atoms with Crippen LogP contribution in [0.1, 0.15) is 12.5 Å². The first-order valence-electron chi connectivity index (χ1n) is 7.11. The summed E-state index contributed by atoms with van der Waals surface area (Å²) in [5.41, 5.74) is 2.61. The van der Waals surface area contributed by atoms with E-state index in [1.807, 2.05) is 0 Å². The Balaban J connectivity index is 2.26. The Morgan fingerprint density at radius 1 is 1.10 bits per heavy atom. The molecule has 0 saturated heterocycles. The fourth-order valence-electron chi connectivity index (χ4n) is 3.02. The standard InChI is InChI=1S/C17H20BN2/c1-13-9-10-19(4)17(11-13)20-14(2)16-8-6-5-7-15(16)12-18(20)3/h5-12H,1-4H3/q+1. The molecule has 3 heteroatoms. The molecule has 0 amide bonds. The van der Waals surface area contributed by atoms with Gasteiger partial charge >= 0.3 is 6.85 Å². The molecule has 1 aliphatic heterocycles. The minimum absolute atomic E-state index is 0.359. The molecule has 20 heavy (non-hydrogen) atoms. The second-order valence-corrected chi connectivity index (χ2v) is 5.62. The average molecular weight is 263 g/mol. The smallest absolute Gasteiger partial charge is 0.291 e. The van der Waals surface area contributed by atoms with Crippen LogP contribution < -0.4 is 19.8 Å². The summed E-state index contributed by atoms with van der Waals surface area (Å²) in [7, 11) is 2.11. The summed E-state index contributed by atoms with van der Waals surface area (Å²) in [5, 5.41) is 2.66. The highest BCUT2D eigenvalue weighted by Gasteiger charge is 2.31. The number of benzene rings is 1. The third kappa shape index (κ3) is 2.03. The number of nitrogens with zero attached hydrogens (tertiary/aromatic N) is 2. The monoisotopic (exact) mass is 263 g/mol. The third-order valence-corrected chi connectivity index (χ3v) is 4.07. The number of fused-ring (bicyclic) bond motifs is 1. The molecule has 3 rings (SSSR count). The van der Waals surface area contributed by atoms with Gasteiger partial charge in [-0.25, -0.2) is 4.57 Å². The summed E-state index contributed by atoms with van der Waals surface area (Å²) in [6, 6.07) is 13.0. The van der Waals surface area contributed by atoms with Crippen molar-refractivity contribution in [2.75, 3.05) is 4.81 Å². The highest BCUT2D eigenvalue weighted by molar-refractivity contribution is 6.77. The Morgan fingerprint density at radius 3 is 2.65 bits per heavy atom. The zero-order valence-corrected chi connectivity index (χ0v) is 12.6. The van der Waals surface area contributed by atoms with Gasteiger partial charge in [0, 0.05) is 11.3 Å². The summed E-state index contributed by atoms with van der Waals surface area (Å²) in [4.78, 5) is 2.41. The van der Waals surface area contributed by atoms with Gasteiger partial charge in [-0.15, -0.1) is 0 Å². The summed E-state index contributed by atoms with van der Waals surface area (Å²) in [5.74, 6) is 3.57. The summed E-state index contributed by atoms with van der Waals surface area (Å²) < 4.78 is 2.19. The van der Waals surface area contributed by atoms with E-state index in [0.29, 0.717) is 6.85 Å². The predicted molar refractivity (Wildman–Crippen MR) is 85.7 cm³/mol. The van der Waals surface area contributed by atoms with Gasteiger partial charge in [0.25, 0.3) is 5.82 Å². The molecule has 1 aliphatic rings. The van der Waals surface area contributed by atoms with Crippen LogP contribution in [0.25, 0.3) is 11.7 Å². The van der Waals surface area contributed by atoms with Crippen molar-refractivity contribution < 1.29 is 4.57 Å². The quantitative estimate of drug-likeness (QED) is 0.557. The lowest BCUT2D eigenvalue weighted by molar-refractivity contribution is -0.658. The van der Waals surface area contributed by atoms with Crippen molar-refractivity contribution in [3.63, 3.8) is 0 Å². The first-order valence-corrected chi connectivity index (χ1v) is 7.11. The van der Waals surface area contributed by atoms with Gasteiger partial charge in [-0.05, 0) is 37.5 Å². The number of hydrogen-bond acceptors (Lipinski definition) is 1. The van der Waals surface area contributed by atoms with Gasteiger partial charge in [0.15, 0.2) is 0 Å². The number of anilines is 1. The topological polar surface area (TPSA) is 7.12 Å². The first-order chi connectivity index (χ1) is 9.58. The third-order valence-electron chi connectivity index (χ3n) is 4.07. The van der Waals surface area contributed by atoms with Crippen molar-refractivity contribution in [1.82, 2.24) is 0 Å². The molecule has 1 aromatic carbocycles. The SMILES string of the molecule is CB1C=c2ccccc2=C(C)N1c1cc(C)cc[n+]1C. The Morgan fingerprint density at radius 2 is 1.85 bits per heavy atom. The predicted octanol–water partition coefficient (Wildman–Crippen LogP) is 1.41. The van der Waals surface area contributed by atoms with Crippen LogP contribution in [0.4, 0.5) is 5.82 Å². The molecule has 100 valence electrons. The van der Waals surface area contributed by atoms with Crippen LogP contribution in [-0.4, -0.2) is 6.85 Å². The molecular formula is C17H20BN2+. The van der Waals surface area contributed by atoms with Crippen molar-refractivity contribution in [3.8, 4) is 0 Å². The molecule has 0 aliphatic carbocycles. The van der Waals surface area contributed by atoms with Gasteiger partial charge in [0.05, 0.1) is 18.9 Å². The fourth-order valence-corrected chi connectivity index (χ4v) is 3.02. The van der Waals surface area contributed by atoms with Crippen LogP contribution in [0.5, 0.6) is 0 Å². The lowest BCUT2D eigenvalue weighted by atomic mass is 9.60. The van der Waals surface area contributed by atoms with E-state index in [-0.39, 0.29) is 0 Å². The van der Waals surface area contributed by atoms with E-state index in [9.17, 15) is 0 Å². The van der Waals surface area contributed by atoms with E-state index >= 15 is 0 Å². The van der Waals surface area contributed by atoms with E-state index in [1.165, 1.54) is 27.5 Å². The lowest BCUT2D eigenvalue weighted by Gasteiger charge is -2.25. The average Bonchev–Trinajstić information content (AvgIpc) is 2.42. The highest BCUT2D eigenvalue weighted by Crippen LogP contribution is 2.19. The van der Waals surface area contributed by atoms with Crippen molar-refractivity contribution in [2.45, 2.75) is 20.7 Å². The molecule has 0 fully saturated rings. The summed E-state index contributed by atoms with van der Waals surface area (Å²) >= 11 is 0. The van der Waals surface area contributed by atoms with Crippen LogP contribution in [0.15, 0.2) is 42.6 Å². The van der Waals surface area contributed by atoms with E-state index < -0.39 is 0 Å². The number of rotatable bonds is 1. The van der Waals surface area contributed by atoms with Crippen LogP contribution in [0.2, 0.25) is 6.82 Å². The van der Waals surface area contributed by atoms with Crippen LogP contribution in [0.3, 0.4) is 0 Å². The molecule has 0 radical (unpaired) electrons. The van der Waals surface area contributed by atoms with Crippen LogP contribution in [-0.2, 0) is 7.05 Å². The van der Waals surface area contributed by atoms with Crippen molar-refractivity contribution in [3.05, 3.63) is 58.6 Å². The van der Waals surface area contributed by atoms with E-state index in [1.54, 1.807) is 0 Å². The van der Waals surface area contributed by atoms with Crippen molar-refractivity contribution in [1.29, 1.82) is 0 Å². The maximum absolute atomic E-state index is 2.41. The van der Waals surface area contributed by atoms with Gasteiger partial charge < -0.3 is 0 Å². The number of aromatic nitrogens is 1. The maximum atomic E-state index is 2.41. The molecule has 2 nitrogen and oxygen atoms in total. The summed E-state index contributed by atoms with van der Waals surface area (Å²) in [6.07, 6.45) is 2.13. The zero-order valence-electron chi connectivity index (χ0n) is 12.6. The molecule has 0 atom stereocenters. The van der Waals surface area contributed by atoms with E-state index in [4.69, 9.17) is 0 Å². The minimum Gasteiger partial charge on any atom is -0.291 e. The Labute approximate surface area is 120 Å². The maximum Gasteiger partial charge on any atom is 0.402 e. The van der Waals surface area contributed by atoms with Gasteiger partial charge in [-0.3, -0.25) is 4.81 Å². The van der Waals surface area contributed by atoms with Crippen LogP contribution >= 0.6 is 0 Å². The fraction of sp³-hybridized carbons (Fsp3) is 0.235. The Kier molecular flexibility index (Phi) is 3.13. The lowest BCUT2D eigenvalue weighted by Crippen LogP contribution is -2.50. The molecule has 0 unspecified atom stereocenters. The van der Waals surface area contributed by atoms with E-state index in [2.05, 4.69) is 85.7 Å². The van der Waals surface area contributed by atoms with Gasteiger partial charge in [-0.2, -0.15) is 0 Å². The van der Waals surface area contributed by atoms with Crippen molar-refractivity contribution >= 4 is 24.3 Å². The Hall–Kier alpha value is -2.03. The number of aryl methyl sites for hydroxylation is 2. The second-order valence-electron chi connectivity index (χ2n) is 5.62. The summed E-state index contributed by atoms with van der Waals surface area (Å²) in [6.45, 7) is 6.97. The van der Waals surface area contributed by atoms with Gasteiger partial charge in [-0.1, -0.05) is 30.2 Å². The van der Waals surface area contributed by atoms with Gasteiger partial charge in [0.2, 0.25) is 0 Å². The Bertz CT molecular complexity index is 780. The normalized spacial score (nSPS) is 14.1. The molecule has 0 bridgehead atoms.